The lowest BCUT2D eigenvalue weighted by Crippen LogP contribution is -2.29. The van der Waals surface area contributed by atoms with E-state index in [1.165, 1.54) is 0 Å². The van der Waals surface area contributed by atoms with Gasteiger partial charge in [0, 0.05) is 6.04 Å². The molecule has 1 amide bonds. The minimum absolute atomic E-state index is 0.0780. The molecule has 102 valence electrons. The number of hydrogen-bond donors (Lipinski definition) is 1. The molecule has 0 bridgehead atoms. The van der Waals surface area contributed by atoms with Crippen molar-refractivity contribution in [1.82, 2.24) is 5.32 Å². The van der Waals surface area contributed by atoms with Gasteiger partial charge in [-0.25, -0.2) is 4.39 Å². The molecule has 1 atom stereocenters. The van der Waals surface area contributed by atoms with Crippen molar-refractivity contribution in [2.24, 2.45) is 5.41 Å². The first kappa shape index (κ1) is 13.4. The van der Waals surface area contributed by atoms with Crippen LogP contribution >= 0.6 is 0 Å². The van der Waals surface area contributed by atoms with Crippen molar-refractivity contribution in [3.05, 3.63) is 39.4 Å². The van der Waals surface area contributed by atoms with Gasteiger partial charge < -0.3 is 5.32 Å². The third kappa shape index (κ3) is 2.54. The Bertz CT molecular complexity index is 572. The van der Waals surface area contributed by atoms with Crippen molar-refractivity contribution in [2.75, 3.05) is 0 Å². The monoisotopic (exact) mass is 270 g/mol. The molecule has 5 nitrogen and oxygen atoms in total. The Morgan fingerprint density at radius 1 is 1.47 bits per heavy atom. The standard InChI is InChI=1S/C12H12F2N2O3/c1-12(2)5-9(12)15-11(17)7-3-6(13)4-8(10(7)14)16(18)19/h3-4,9H,5H2,1-2H3,(H,15,17). The van der Waals surface area contributed by atoms with Gasteiger partial charge in [0.1, 0.15) is 5.82 Å². The van der Waals surface area contributed by atoms with E-state index in [2.05, 4.69) is 5.32 Å². The molecular formula is C12H12F2N2O3. The van der Waals surface area contributed by atoms with Gasteiger partial charge in [0.2, 0.25) is 5.82 Å². The van der Waals surface area contributed by atoms with Crippen LogP contribution in [-0.2, 0) is 0 Å². The number of rotatable bonds is 3. The number of nitro groups is 1. The number of amides is 1. The lowest BCUT2D eigenvalue weighted by Gasteiger charge is -2.08. The maximum Gasteiger partial charge on any atom is 0.308 e. The fourth-order valence-electron chi connectivity index (χ4n) is 1.82. The topological polar surface area (TPSA) is 72.2 Å². The van der Waals surface area contributed by atoms with Crippen LogP contribution in [0.15, 0.2) is 12.1 Å². The van der Waals surface area contributed by atoms with Crippen LogP contribution < -0.4 is 5.32 Å². The second-order valence-corrected chi connectivity index (χ2v) is 5.26. The summed E-state index contributed by atoms with van der Waals surface area (Å²) in [5, 5.41) is 13.1. The molecule has 1 N–H and O–H groups in total. The Labute approximate surface area is 107 Å². The Morgan fingerprint density at radius 2 is 2.05 bits per heavy atom. The van der Waals surface area contributed by atoms with Crippen LogP contribution in [0.3, 0.4) is 0 Å². The number of carbonyl (C=O) groups is 1. The van der Waals surface area contributed by atoms with Crippen LogP contribution in [0.1, 0.15) is 30.6 Å². The average molecular weight is 270 g/mol. The van der Waals surface area contributed by atoms with E-state index >= 15 is 0 Å². The maximum absolute atomic E-state index is 13.7. The van der Waals surface area contributed by atoms with Gasteiger partial charge in [-0.1, -0.05) is 13.8 Å². The third-order valence-electron chi connectivity index (χ3n) is 3.28. The van der Waals surface area contributed by atoms with Gasteiger partial charge in [-0.05, 0) is 17.9 Å². The molecule has 0 spiro atoms. The fraction of sp³-hybridized carbons (Fsp3) is 0.417. The van der Waals surface area contributed by atoms with Crippen molar-refractivity contribution >= 4 is 11.6 Å². The average Bonchev–Trinajstić information content (AvgIpc) is 2.88. The molecule has 1 aliphatic rings. The van der Waals surface area contributed by atoms with Crippen molar-refractivity contribution in [1.29, 1.82) is 0 Å². The predicted octanol–water partition coefficient (Wildman–Crippen LogP) is 2.40. The number of nitrogens with one attached hydrogen (secondary N) is 1. The zero-order valence-corrected chi connectivity index (χ0v) is 10.4. The van der Waals surface area contributed by atoms with Gasteiger partial charge >= 0.3 is 5.69 Å². The quantitative estimate of drug-likeness (QED) is 0.677. The van der Waals surface area contributed by atoms with Gasteiger partial charge in [0.05, 0.1) is 16.6 Å². The fourth-order valence-corrected chi connectivity index (χ4v) is 1.82. The molecule has 1 aliphatic carbocycles. The van der Waals surface area contributed by atoms with Crippen LogP contribution in [0, 0.1) is 27.2 Å². The lowest BCUT2D eigenvalue weighted by atomic mass is 10.1. The van der Waals surface area contributed by atoms with E-state index in [1.807, 2.05) is 13.8 Å². The summed E-state index contributed by atoms with van der Waals surface area (Å²) in [6.45, 7) is 3.84. The van der Waals surface area contributed by atoms with Gasteiger partial charge in [-0.3, -0.25) is 14.9 Å². The molecule has 1 saturated carbocycles. The molecule has 1 aromatic carbocycles. The van der Waals surface area contributed by atoms with Crippen LogP contribution in [0.25, 0.3) is 0 Å². The first-order chi connectivity index (χ1) is 8.72. The van der Waals surface area contributed by atoms with Gasteiger partial charge in [-0.2, -0.15) is 4.39 Å². The molecule has 7 heteroatoms. The van der Waals surface area contributed by atoms with E-state index in [-0.39, 0.29) is 11.5 Å². The predicted molar refractivity (Wildman–Crippen MR) is 62.7 cm³/mol. The van der Waals surface area contributed by atoms with E-state index in [0.717, 1.165) is 6.42 Å². The Morgan fingerprint density at radius 3 is 2.53 bits per heavy atom. The molecule has 1 aromatic rings. The summed E-state index contributed by atoms with van der Waals surface area (Å²) in [5.41, 5.74) is -1.76. The number of carbonyl (C=O) groups excluding carboxylic acids is 1. The van der Waals surface area contributed by atoms with Crippen LogP contribution in [0.4, 0.5) is 14.5 Å². The molecule has 0 aliphatic heterocycles. The van der Waals surface area contributed by atoms with E-state index in [9.17, 15) is 23.7 Å². The van der Waals surface area contributed by atoms with Crippen LogP contribution in [0.5, 0.6) is 0 Å². The first-order valence-corrected chi connectivity index (χ1v) is 5.66. The molecular weight excluding hydrogens is 258 g/mol. The van der Waals surface area contributed by atoms with Crippen molar-refractivity contribution in [3.63, 3.8) is 0 Å². The molecule has 0 radical (unpaired) electrons. The summed E-state index contributed by atoms with van der Waals surface area (Å²) < 4.78 is 26.9. The minimum Gasteiger partial charge on any atom is -0.349 e. The number of hydrogen-bond acceptors (Lipinski definition) is 3. The van der Waals surface area contributed by atoms with Crippen LogP contribution in [-0.4, -0.2) is 16.9 Å². The van der Waals surface area contributed by atoms with Crippen molar-refractivity contribution < 1.29 is 18.5 Å². The largest absolute Gasteiger partial charge is 0.349 e. The second-order valence-electron chi connectivity index (χ2n) is 5.26. The highest BCUT2D eigenvalue weighted by atomic mass is 19.1. The van der Waals surface area contributed by atoms with Gasteiger partial charge in [0.15, 0.2) is 0 Å². The first-order valence-electron chi connectivity index (χ1n) is 5.66. The lowest BCUT2D eigenvalue weighted by molar-refractivity contribution is -0.387. The summed E-state index contributed by atoms with van der Waals surface area (Å²) in [7, 11) is 0. The summed E-state index contributed by atoms with van der Waals surface area (Å²) in [6, 6.07) is 0.988. The number of benzene rings is 1. The number of nitrogens with zero attached hydrogens (tertiary/aromatic N) is 1. The normalized spacial score (nSPS) is 19.9. The van der Waals surface area contributed by atoms with E-state index in [0.29, 0.717) is 12.1 Å². The minimum atomic E-state index is -1.32. The zero-order valence-electron chi connectivity index (χ0n) is 10.4. The SMILES string of the molecule is CC1(C)CC1NC(=O)c1cc(F)cc([N+](=O)[O-])c1F. The highest BCUT2D eigenvalue weighted by molar-refractivity contribution is 5.95. The highest BCUT2D eigenvalue weighted by Gasteiger charge is 2.47. The van der Waals surface area contributed by atoms with Crippen LogP contribution in [0.2, 0.25) is 0 Å². The zero-order chi connectivity index (χ0) is 14.4. The van der Waals surface area contributed by atoms with Gasteiger partial charge in [0.25, 0.3) is 5.91 Å². The Balaban J connectivity index is 2.29. The molecule has 1 fully saturated rings. The van der Waals surface area contributed by atoms with E-state index in [1.54, 1.807) is 0 Å². The summed E-state index contributed by atoms with van der Waals surface area (Å²) in [6.07, 6.45) is 0.734. The smallest absolute Gasteiger partial charge is 0.308 e. The molecule has 0 saturated heterocycles. The Kier molecular flexibility index (Phi) is 3.00. The van der Waals surface area contributed by atoms with E-state index < -0.39 is 33.7 Å². The summed E-state index contributed by atoms with van der Waals surface area (Å²) >= 11 is 0. The Hall–Kier alpha value is -2.05. The maximum atomic E-state index is 13.7. The second kappa shape index (κ2) is 4.25. The van der Waals surface area contributed by atoms with Crippen molar-refractivity contribution in [3.8, 4) is 0 Å². The molecule has 0 heterocycles. The molecule has 0 aromatic heterocycles. The third-order valence-corrected chi connectivity index (χ3v) is 3.28. The van der Waals surface area contributed by atoms with Crippen molar-refractivity contribution in [2.45, 2.75) is 26.3 Å². The number of nitro benzene ring substituents is 1. The summed E-state index contributed by atoms with van der Waals surface area (Å²) in [5.74, 6) is -3.17. The highest BCUT2D eigenvalue weighted by Crippen LogP contribution is 2.44. The number of halogens is 2. The van der Waals surface area contributed by atoms with Gasteiger partial charge in [-0.15, -0.1) is 0 Å². The molecule has 1 unspecified atom stereocenters. The summed E-state index contributed by atoms with van der Waals surface area (Å²) in [4.78, 5) is 21.3. The van der Waals surface area contributed by atoms with E-state index in [4.69, 9.17) is 0 Å². The molecule has 2 rings (SSSR count). The molecule has 19 heavy (non-hydrogen) atoms.